The molecule has 0 saturated heterocycles. The van der Waals surface area contributed by atoms with Gasteiger partial charge in [-0.3, -0.25) is 4.79 Å². The second-order valence-corrected chi connectivity index (χ2v) is 7.47. The van der Waals surface area contributed by atoms with Crippen molar-refractivity contribution < 1.29 is 37.0 Å². The van der Waals surface area contributed by atoms with Crippen LogP contribution in [0.5, 0.6) is 5.75 Å². The molecule has 0 atom stereocenters. The van der Waals surface area contributed by atoms with E-state index in [1.54, 1.807) is 18.5 Å². The fraction of sp³-hybridized carbons (Fsp3) is 0.292. The molecule has 0 fully saturated rings. The zero-order valence-corrected chi connectivity index (χ0v) is 19.3. The molecule has 0 spiro atoms. The Morgan fingerprint density at radius 2 is 1.77 bits per heavy atom. The standard InChI is InChI=1S/C24H24F3N3O5/c1-15-22(16(2)30(29-15)18-7-5-4-6-8-18)23(32)35-14-21(31)28-19-13-17(24(25,26)27)9-10-20(19)34-12-11-33-3/h4-10,13H,11-12,14H2,1-3H3,(H,28,31). The molecule has 35 heavy (non-hydrogen) atoms. The van der Waals surface area contributed by atoms with E-state index in [0.29, 0.717) is 11.4 Å². The minimum atomic E-state index is -4.62. The lowest BCUT2D eigenvalue weighted by atomic mass is 10.1. The summed E-state index contributed by atoms with van der Waals surface area (Å²) >= 11 is 0. The van der Waals surface area contributed by atoms with Crippen LogP contribution in [-0.4, -0.2) is 48.6 Å². The smallest absolute Gasteiger partial charge is 0.416 e. The Kier molecular flexibility index (Phi) is 8.13. The Hall–Kier alpha value is -3.86. The molecule has 11 heteroatoms. The Labute approximate surface area is 199 Å². The van der Waals surface area contributed by atoms with Crippen LogP contribution in [0.2, 0.25) is 0 Å². The number of aromatic nitrogens is 2. The van der Waals surface area contributed by atoms with Crippen LogP contribution in [0.4, 0.5) is 18.9 Å². The zero-order valence-electron chi connectivity index (χ0n) is 19.3. The predicted octanol–water partition coefficient (Wildman–Crippen LogP) is 4.33. The van der Waals surface area contributed by atoms with Gasteiger partial charge in [0.05, 0.1) is 34.9 Å². The molecule has 0 radical (unpaired) electrons. The molecule has 0 unspecified atom stereocenters. The first-order valence-corrected chi connectivity index (χ1v) is 10.5. The van der Waals surface area contributed by atoms with Crippen molar-refractivity contribution in [2.75, 3.05) is 32.2 Å². The van der Waals surface area contributed by atoms with Crippen LogP contribution < -0.4 is 10.1 Å². The van der Waals surface area contributed by atoms with Crippen LogP contribution in [0, 0.1) is 13.8 Å². The summed E-state index contributed by atoms with van der Waals surface area (Å²) in [4.78, 5) is 25.1. The number of carbonyl (C=O) groups is 2. The number of methoxy groups -OCH3 is 1. The molecule has 1 aromatic heterocycles. The second kappa shape index (κ2) is 11.0. The SMILES string of the molecule is COCCOc1ccc(C(F)(F)F)cc1NC(=O)COC(=O)c1c(C)nn(-c2ccccc2)c1C. The number of nitrogens with zero attached hydrogens (tertiary/aromatic N) is 2. The predicted molar refractivity (Wildman–Crippen MR) is 121 cm³/mol. The first-order valence-electron chi connectivity index (χ1n) is 10.5. The van der Waals surface area contributed by atoms with E-state index in [4.69, 9.17) is 14.2 Å². The van der Waals surface area contributed by atoms with Gasteiger partial charge < -0.3 is 19.5 Å². The number of rotatable bonds is 9. The maximum atomic E-state index is 13.1. The summed E-state index contributed by atoms with van der Waals surface area (Å²) in [6.07, 6.45) is -4.62. The van der Waals surface area contributed by atoms with E-state index in [2.05, 4.69) is 10.4 Å². The fourth-order valence-electron chi connectivity index (χ4n) is 3.31. The number of alkyl halides is 3. The lowest BCUT2D eigenvalue weighted by Gasteiger charge is -2.15. The minimum Gasteiger partial charge on any atom is -0.489 e. The maximum Gasteiger partial charge on any atom is 0.416 e. The highest BCUT2D eigenvalue weighted by Gasteiger charge is 2.31. The molecule has 0 bridgehead atoms. The monoisotopic (exact) mass is 491 g/mol. The van der Waals surface area contributed by atoms with Crippen molar-refractivity contribution in [3.63, 3.8) is 0 Å². The number of aryl methyl sites for hydroxylation is 1. The largest absolute Gasteiger partial charge is 0.489 e. The van der Waals surface area contributed by atoms with Gasteiger partial charge in [-0.15, -0.1) is 0 Å². The molecule has 0 aliphatic rings. The molecular weight excluding hydrogens is 467 g/mol. The van der Waals surface area contributed by atoms with Crippen molar-refractivity contribution >= 4 is 17.6 Å². The Morgan fingerprint density at radius 3 is 2.43 bits per heavy atom. The quantitative estimate of drug-likeness (QED) is 0.354. The summed E-state index contributed by atoms with van der Waals surface area (Å²) in [6, 6.07) is 11.8. The summed E-state index contributed by atoms with van der Waals surface area (Å²) in [6.45, 7) is 2.86. The number of amides is 1. The van der Waals surface area contributed by atoms with Gasteiger partial charge in [0.2, 0.25) is 0 Å². The van der Waals surface area contributed by atoms with E-state index in [1.165, 1.54) is 7.11 Å². The molecule has 2 aromatic carbocycles. The van der Waals surface area contributed by atoms with Crippen molar-refractivity contribution in [3.8, 4) is 11.4 Å². The zero-order chi connectivity index (χ0) is 25.6. The summed E-state index contributed by atoms with van der Waals surface area (Å²) in [5.41, 5.74) is 0.693. The molecule has 1 heterocycles. The van der Waals surface area contributed by atoms with Gasteiger partial charge in [-0.25, -0.2) is 9.48 Å². The highest BCUT2D eigenvalue weighted by Crippen LogP contribution is 2.35. The number of hydrogen-bond acceptors (Lipinski definition) is 6. The van der Waals surface area contributed by atoms with E-state index in [1.807, 2.05) is 30.3 Å². The van der Waals surface area contributed by atoms with Gasteiger partial charge in [0, 0.05) is 7.11 Å². The molecule has 0 aliphatic heterocycles. The van der Waals surface area contributed by atoms with Crippen LogP contribution in [0.3, 0.4) is 0 Å². The van der Waals surface area contributed by atoms with Crippen LogP contribution in [-0.2, 0) is 20.4 Å². The summed E-state index contributed by atoms with van der Waals surface area (Å²) < 4.78 is 56.4. The summed E-state index contributed by atoms with van der Waals surface area (Å²) in [5.74, 6) is -1.59. The lowest BCUT2D eigenvalue weighted by Crippen LogP contribution is -2.22. The van der Waals surface area contributed by atoms with Gasteiger partial charge in [0.25, 0.3) is 5.91 Å². The number of hydrogen-bond donors (Lipinski definition) is 1. The highest BCUT2D eigenvalue weighted by atomic mass is 19.4. The Bertz CT molecular complexity index is 1190. The van der Waals surface area contributed by atoms with Crippen molar-refractivity contribution in [3.05, 3.63) is 71.0 Å². The second-order valence-electron chi connectivity index (χ2n) is 7.47. The number of esters is 1. The first-order chi connectivity index (χ1) is 16.6. The minimum absolute atomic E-state index is 0.0190. The molecule has 1 amide bonds. The molecule has 0 aliphatic carbocycles. The van der Waals surface area contributed by atoms with Gasteiger partial charge in [-0.1, -0.05) is 18.2 Å². The number of nitrogens with one attached hydrogen (secondary N) is 1. The highest BCUT2D eigenvalue weighted by molar-refractivity contribution is 5.97. The summed E-state index contributed by atoms with van der Waals surface area (Å²) in [7, 11) is 1.44. The topological polar surface area (TPSA) is 91.7 Å². The van der Waals surface area contributed by atoms with Crippen LogP contribution in [0.15, 0.2) is 48.5 Å². The first kappa shape index (κ1) is 25.8. The van der Waals surface area contributed by atoms with Gasteiger partial charge in [0.1, 0.15) is 17.9 Å². The number of ether oxygens (including phenoxy) is 3. The number of benzene rings is 2. The van der Waals surface area contributed by atoms with Crippen LogP contribution in [0.1, 0.15) is 27.3 Å². The normalized spacial score (nSPS) is 11.3. The van der Waals surface area contributed by atoms with Gasteiger partial charge >= 0.3 is 12.1 Å². The number of halogens is 3. The lowest BCUT2D eigenvalue weighted by molar-refractivity contribution is -0.137. The molecule has 8 nitrogen and oxygen atoms in total. The molecule has 3 aromatic rings. The molecule has 0 saturated carbocycles. The molecule has 3 rings (SSSR count). The van der Waals surface area contributed by atoms with E-state index >= 15 is 0 Å². The van der Waals surface area contributed by atoms with Crippen LogP contribution in [0.25, 0.3) is 5.69 Å². The fourth-order valence-corrected chi connectivity index (χ4v) is 3.31. The Balaban J connectivity index is 1.71. The average Bonchev–Trinajstić information content (AvgIpc) is 3.12. The van der Waals surface area contributed by atoms with Crippen molar-refractivity contribution in [2.24, 2.45) is 0 Å². The maximum absolute atomic E-state index is 13.1. The molecular formula is C24H24F3N3O5. The number of para-hydroxylation sites is 1. The molecule has 186 valence electrons. The van der Waals surface area contributed by atoms with Crippen molar-refractivity contribution in [1.82, 2.24) is 9.78 Å². The van der Waals surface area contributed by atoms with E-state index in [-0.39, 0.29) is 30.2 Å². The third-order valence-electron chi connectivity index (χ3n) is 4.96. The van der Waals surface area contributed by atoms with E-state index in [0.717, 1.165) is 23.9 Å². The van der Waals surface area contributed by atoms with E-state index in [9.17, 15) is 22.8 Å². The third kappa shape index (κ3) is 6.38. The van der Waals surface area contributed by atoms with E-state index < -0.39 is 30.2 Å². The Morgan fingerprint density at radius 1 is 1.06 bits per heavy atom. The van der Waals surface area contributed by atoms with Crippen molar-refractivity contribution in [2.45, 2.75) is 20.0 Å². The van der Waals surface area contributed by atoms with Gasteiger partial charge in [-0.05, 0) is 44.2 Å². The van der Waals surface area contributed by atoms with Crippen LogP contribution >= 0.6 is 0 Å². The average molecular weight is 491 g/mol. The van der Waals surface area contributed by atoms with Crippen molar-refractivity contribution in [1.29, 1.82) is 0 Å². The van der Waals surface area contributed by atoms with Gasteiger partial charge in [0.15, 0.2) is 6.61 Å². The molecule has 1 N–H and O–H groups in total. The van der Waals surface area contributed by atoms with Gasteiger partial charge in [-0.2, -0.15) is 18.3 Å². The third-order valence-corrected chi connectivity index (χ3v) is 4.96. The number of carbonyl (C=O) groups excluding carboxylic acids is 2. The summed E-state index contributed by atoms with van der Waals surface area (Å²) in [5, 5.41) is 6.67. The number of anilines is 1.